The van der Waals surface area contributed by atoms with E-state index < -0.39 is 23.7 Å². The highest BCUT2D eigenvalue weighted by molar-refractivity contribution is 8.14. The Hall–Kier alpha value is -2.02. The van der Waals surface area contributed by atoms with Crippen LogP contribution < -0.4 is 0 Å². The molecule has 1 aromatic rings. The lowest BCUT2D eigenvalue weighted by Crippen LogP contribution is -2.43. The molecule has 7 heteroatoms. The number of ether oxygens (including phenoxy) is 2. The summed E-state index contributed by atoms with van der Waals surface area (Å²) in [6.07, 6.45) is -0.198. The van der Waals surface area contributed by atoms with Crippen LogP contribution in [0, 0.1) is 0 Å². The van der Waals surface area contributed by atoms with E-state index in [9.17, 15) is 14.4 Å². The van der Waals surface area contributed by atoms with Gasteiger partial charge < -0.3 is 9.47 Å². The van der Waals surface area contributed by atoms with Crippen LogP contribution in [0.15, 0.2) is 30.3 Å². The van der Waals surface area contributed by atoms with Gasteiger partial charge in [-0.3, -0.25) is 9.69 Å². The summed E-state index contributed by atoms with van der Waals surface area (Å²) in [5.74, 6) is -0.471. The van der Waals surface area contributed by atoms with E-state index >= 15 is 0 Å². The van der Waals surface area contributed by atoms with Gasteiger partial charge in [-0.15, -0.1) is 0 Å². The summed E-state index contributed by atoms with van der Waals surface area (Å²) in [5, 5.41) is -0.188. The van der Waals surface area contributed by atoms with Gasteiger partial charge in [0.2, 0.25) is 0 Å². The van der Waals surface area contributed by atoms with Crippen LogP contribution in [0.4, 0.5) is 4.79 Å². The maximum absolute atomic E-state index is 12.5. The third-order valence-electron chi connectivity index (χ3n) is 3.71. The highest BCUT2D eigenvalue weighted by Crippen LogP contribution is 2.30. The Morgan fingerprint density at radius 3 is 2.42 bits per heavy atom. The molecule has 0 bridgehead atoms. The van der Waals surface area contributed by atoms with Crippen LogP contribution in [0.2, 0.25) is 0 Å². The van der Waals surface area contributed by atoms with E-state index in [1.807, 2.05) is 30.3 Å². The van der Waals surface area contributed by atoms with Gasteiger partial charge in [0.1, 0.15) is 18.2 Å². The van der Waals surface area contributed by atoms with Crippen LogP contribution in [-0.2, 0) is 25.7 Å². The van der Waals surface area contributed by atoms with Gasteiger partial charge in [-0.2, -0.15) is 0 Å². The van der Waals surface area contributed by atoms with Crippen LogP contribution in [0.5, 0.6) is 0 Å². The third kappa shape index (κ3) is 6.05. The number of carbonyl (C=O) groups is 3. The Labute approximate surface area is 158 Å². The molecule has 0 radical (unpaired) electrons. The van der Waals surface area contributed by atoms with Gasteiger partial charge in [0.05, 0.1) is 0 Å². The number of amides is 1. The van der Waals surface area contributed by atoms with E-state index in [2.05, 4.69) is 0 Å². The van der Waals surface area contributed by atoms with E-state index in [4.69, 9.17) is 9.47 Å². The van der Waals surface area contributed by atoms with Crippen LogP contribution in [0.3, 0.4) is 0 Å². The Kier molecular flexibility index (Phi) is 6.69. The molecule has 6 nitrogen and oxygen atoms in total. The maximum Gasteiger partial charge on any atom is 0.410 e. The maximum atomic E-state index is 12.5. The van der Waals surface area contributed by atoms with Crippen molar-refractivity contribution in [1.29, 1.82) is 0 Å². The van der Waals surface area contributed by atoms with Crippen molar-refractivity contribution < 1.29 is 23.9 Å². The summed E-state index contributed by atoms with van der Waals surface area (Å²) in [7, 11) is 0. The molecule has 142 valence electrons. The first-order valence-corrected chi connectivity index (χ1v) is 9.41. The van der Waals surface area contributed by atoms with Gasteiger partial charge in [-0.05, 0) is 32.8 Å². The summed E-state index contributed by atoms with van der Waals surface area (Å²) >= 11 is 1.14. The van der Waals surface area contributed by atoms with Crippen molar-refractivity contribution in [2.24, 2.45) is 0 Å². The zero-order valence-electron chi connectivity index (χ0n) is 15.6. The van der Waals surface area contributed by atoms with Gasteiger partial charge in [-0.1, -0.05) is 42.1 Å². The number of nitrogens with zero attached hydrogens (tertiary/aromatic N) is 1. The minimum absolute atomic E-state index is 0.0440. The van der Waals surface area contributed by atoms with Crippen molar-refractivity contribution in [3.8, 4) is 0 Å². The monoisotopic (exact) mass is 379 g/mol. The van der Waals surface area contributed by atoms with Gasteiger partial charge in [0, 0.05) is 18.7 Å². The van der Waals surface area contributed by atoms with E-state index in [0.29, 0.717) is 6.42 Å². The summed E-state index contributed by atoms with van der Waals surface area (Å²) in [4.78, 5) is 37.8. The highest BCUT2D eigenvalue weighted by atomic mass is 32.2. The molecule has 26 heavy (non-hydrogen) atoms. The normalized spacial score (nSPS) is 19.9. The van der Waals surface area contributed by atoms with Crippen molar-refractivity contribution in [3.05, 3.63) is 35.9 Å². The molecule has 0 aromatic heterocycles. The lowest BCUT2D eigenvalue weighted by Gasteiger charge is -2.26. The number of thioether (sulfide) groups is 1. The minimum Gasteiger partial charge on any atom is -0.458 e. The zero-order chi connectivity index (χ0) is 19.3. The predicted octanol–water partition coefficient (Wildman–Crippen LogP) is 3.39. The Balaban J connectivity index is 2.06. The predicted molar refractivity (Wildman–Crippen MR) is 99.6 cm³/mol. The fraction of sp³-hybridized carbons (Fsp3) is 0.526. The lowest BCUT2D eigenvalue weighted by atomic mass is 10.1. The molecular weight excluding hydrogens is 354 g/mol. The zero-order valence-corrected chi connectivity index (χ0v) is 16.4. The molecule has 1 saturated heterocycles. The van der Waals surface area contributed by atoms with Gasteiger partial charge in [0.25, 0.3) is 0 Å². The molecule has 2 rings (SSSR count). The molecule has 0 N–H and O–H groups in total. The standard InChI is InChI=1S/C19H25NO5S/c1-13(21)26-15-10-16(17(22)25-19(2,3)4)20(11-15)18(23)24-12-14-8-6-5-7-9-14/h5-9,15-16H,10-12H2,1-4H3/t15-,16+/m1/s1. The first-order valence-electron chi connectivity index (χ1n) is 8.53. The van der Waals surface area contributed by atoms with Crippen molar-refractivity contribution in [3.63, 3.8) is 0 Å². The van der Waals surface area contributed by atoms with Crippen LogP contribution in [-0.4, -0.2) is 45.5 Å². The molecule has 1 aliphatic rings. The van der Waals surface area contributed by atoms with Crippen LogP contribution in [0.25, 0.3) is 0 Å². The quantitative estimate of drug-likeness (QED) is 0.747. The number of carbonyl (C=O) groups excluding carboxylic acids is 3. The molecule has 0 unspecified atom stereocenters. The van der Waals surface area contributed by atoms with E-state index in [1.165, 1.54) is 11.8 Å². The topological polar surface area (TPSA) is 72.9 Å². The van der Waals surface area contributed by atoms with Crippen molar-refractivity contribution in [2.75, 3.05) is 6.54 Å². The molecule has 2 atom stereocenters. The van der Waals surface area contributed by atoms with E-state index in [0.717, 1.165) is 17.3 Å². The molecule has 1 fully saturated rings. The second kappa shape index (κ2) is 8.58. The van der Waals surface area contributed by atoms with Crippen molar-refractivity contribution >= 4 is 28.9 Å². The molecule has 1 aromatic carbocycles. The third-order valence-corrected chi connectivity index (χ3v) is 4.72. The fourth-order valence-corrected chi connectivity index (χ4v) is 3.70. The molecule has 1 aliphatic heterocycles. The SMILES string of the molecule is CC(=O)S[C@@H]1C[C@@H](C(=O)OC(C)(C)C)N(C(=O)OCc2ccccc2)C1. The van der Waals surface area contributed by atoms with Crippen molar-refractivity contribution in [2.45, 2.75) is 57.6 Å². The minimum atomic E-state index is -0.741. The van der Waals surface area contributed by atoms with Crippen LogP contribution >= 0.6 is 11.8 Å². The number of rotatable bonds is 4. The van der Waals surface area contributed by atoms with Gasteiger partial charge >= 0.3 is 12.1 Å². The average molecular weight is 379 g/mol. The largest absolute Gasteiger partial charge is 0.458 e. The Bertz CT molecular complexity index is 656. The number of likely N-dealkylation sites (tertiary alicyclic amines) is 1. The second-order valence-corrected chi connectivity index (χ2v) is 8.69. The number of esters is 1. The molecular formula is C19H25NO5S. The molecule has 0 aliphatic carbocycles. The smallest absolute Gasteiger partial charge is 0.410 e. The summed E-state index contributed by atoms with van der Waals surface area (Å²) in [6.45, 7) is 7.21. The van der Waals surface area contributed by atoms with Crippen LogP contribution in [0.1, 0.15) is 39.7 Å². The highest BCUT2D eigenvalue weighted by Gasteiger charge is 2.43. The van der Waals surface area contributed by atoms with Gasteiger partial charge in [0.15, 0.2) is 5.12 Å². The number of benzene rings is 1. The van der Waals surface area contributed by atoms with Gasteiger partial charge in [-0.25, -0.2) is 9.59 Å². The second-order valence-electron chi connectivity index (χ2n) is 7.21. The molecule has 1 amide bonds. The number of hydrogen-bond acceptors (Lipinski definition) is 6. The summed E-state index contributed by atoms with van der Waals surface area (Å²) < 4.78 is 10.8. The number of hydrogen-bond donors (Lipinski definition) is 0. The average Bonchev–Trinajstić information content (AvgIpc) is 2.95. The summed E-state index contributed by atoms with van der Waals surface area (Å²) in [6, 6.07) is 8.58. The molecule has 1 heterocycles. The van der Waals surface area contributed by atoms with Crippen molar-refractivity contribution in [1.82, 2.24) is 4.90 Å². The Morgan fingerprint density at radius 2 is 1.85 bits per heavy atom. The first-order chi connectivity index (χ1) is 12.2. The molecule has 0 saturated carbocycles. The Morgan fingerprint density at radius 1 is 1.19 bits per heavy atom. The fourth-order valence-electron chi connectivity index (χ4n) is 2.71. The van der Waals surface area contributed by atoms with E-state index in [1.54, 1.807) is 20.8 Å². The van der Waals surface area contributed by atoms with E-state index in [-0.39, 0.29) is 23.5 Å². The summed E-state index contributed by atoms with van der Waals surface area (Å²) in [5.41, 5.74) is 0.214. The lowest BCUT2D eigenvalue weighted by molar-refractivity contribution is -0.159. The molecule has 0 spiro atoms. The first kappa shape index (κ1) is 20.3.